The zero-order chi connectivity index (χ0) is 14.6. The van der Waals surface area contributed by atoms with Gasteiger partial charge in [-0.05, 0) is 58.0 Å². The molecule has 0 bridgehead atoms. The van der Waals surface area contributed by atoms with Gasteiger partial charge in [-0.2, -0.15) is 0 Å². The van der Waals surface area contributed by atoms with Gasteiger partial charge in [0.2, 0.25) is 0 Å². The van der Waals surface area contributed by atoms with Crippen LogP contribution in [0.25, 0.3) is 0 Å². The average Bonchev–Trinajstić information content (AvgIpc) is 2.38. The van der Waals surface area contributed by atoms with Crippen molar-refractivity contribution in [2.24, 2.45) is 0 Å². The summed E-state index contributed by atoms with van der Waals surface area (Å²) in [5.74, 6) is 0. The Labute approximate surface area is 122 Å². The van der Waals surface area contributed by atoms with Gasteiger partial charge in [0.1, 0.15) is 0 Å². The lowest BCUT2D eigenvalue weighted by atomic mass is 10.3. The van der Waals surface area contributed by atoms with Gasteiger partial charge in [-0.3, -0.25) is 0 Å². The summed E-state index contributed by atoms with van der Waals surface area (Å²) in [4.78, 5) is 2.56. The predicted molar refractivity (Wildman–Crippen MR) is 88.4 cm³/mol. The van der Waals surface area contributed by atoms with Gasteiger partial charge in [0.25, 0.3) is 0 Å². The lowest BCUT2D eigenvalue weighted by Crippen LogP contribution is -2.34. The van der Waals surface area contributed by atoms with Crippen molar-refractivity contribution in [1.82, 2.24) is 10.2 Å². The zero-order valence-corrected chi connectivity index (χ0v) is 14.9. The Bertz CT molecular complexity index is 195. The van der Waals surface area contributed by atoms with E-state index in [1.165, 1.54) is 51.4 Å². The normalized spacial score (nSPS) is 12.3. The highest BCUT2D eigenvalue weighted by molar-refractivity contribution is 6.71. The van der Waals surface area contributed by atoms with Crippen LogP contribution in [0, 0.1) is 0 Å². The van der Waals surface area contributed by atoms with Crippen molar-refractivity contribution in [3.63, 3.8) is 0 Å². The lowest BCUT2D eigenvalue weighted by Gasteiger charge is -2.21. The minimum atomic E-state index is -1.32. The van der Waals surface area contributed by atoms with E-state index >= 15 is 0 Å². The molecule has 0 aromatic heterocycles. The van der Waals surface area contributed by atoms with Crippen molar-refractivity contribution in [3.05, 3.63) is 0 Å². The average molecular weight is 289 g/mol. The summed E-state index contributed by atoms with van der Waals surface area (Å²) in [5.41, 5.74) is 0. The number of nitrogens with one attached hydrogen (secondary N) is 1. The van der Waals surface area contributed by atoms with E-state index in [0.29, 0.717) is 0 Å². The SMILES string of the molecule is CCCN(CCC)CCNCCCC[Si](C)(C)OC. The maximum Gasteiger partial charge on any atom is 0.186 e. The van der Waals surface area contributed by atoms with Crippen LogP contribution in [0.4, 0.5) is 0 Å². The quantitative estimate of drug-likeness (QED) is 0.415. The fraction of sp³-hybridized carbons (Fsp3) is 1.00. The minimum Gasteiger partial charge on any atom is -0.420 e. The van der Waals surface area contributed by atoms with Crippen LogP contribution in [0.1, 0.15) is 39.5 Å². The second-order valence-electron chi connectivity index (χ2n) is 6.01. The molecule has 0 spiro atoms. The molecule has 0 radical (unpaired) electrons. The van der Waals surface area contributed by atoms with Crippen molar-refractivity contribution in [2.75, 3.05) is 39.8 Å². The zero-order valence-electron chi connectivity index (χ0n) is 13.9. The van der Waals surface area contributed by atoms with Gasteiger partial charge >= 0.3 is 0 Å². The van der Waals surface area contributed by atoms with E-state index < -0.39 is 8.32 Å². The van der Waals surface area contributed by atoms with Gasteiger partial charge in [0.05, 0.1) is 0 Å². The Morgan fingerprint density at radius 3 is 2.11 bits per heavy atom. The Kier molecular flexibility index (Phi) is 11.9. The van der Waals surface area contributed by atoms with Gasteiger partial charge in [-0.25, -0.2) is 0 Å². The van der Waals surface area contributed by atoms with Crippen molar-refractivity contribution in [2.45, 2.75) is 58.7 Å². The summed E-state index contributed by atoms with van der Waals surface area (Å²) in [6, 6.07) is 1.28. The molecule has 0 aliphatic carbocycles. The molecule has 0 atom stereocenters. The van der Waals surface area contributed by atoms with E-state index in [1.807, 2.05) is 7.11 Å². The molecule has 1 N–H and O–H groups in total. The van der Waals surface area contributed by atoms with E-state index in [9.17, 15) is 0 Å². The fourth-order valence-electron chi connectivity index (χ4n) is 2.23. The van der Waals surface area contributed by atoms with Crippen LogP contribution < -0.4 is 5.32 Å². The molecule has 0 aliphatic heterocycles. The molecule has 0 heterocycles. The van der Waals surface area contributed by atoms with Gasteiger partial charge < -0.3 is 14.6 Å². The summed E-state index contributed by atoms with van der Waals surface area (Å²) in [7, 11) is 0.541. The van der Waals surface area contributed by atoms with Crippen LogP contribution >= 0.6 is 0 Å². The van der Waals surface area contributed by atoms with Crippen LogP contribution in [0.2, 0.25) is 19.1 Å². The van der Waals surface area contributed by atoms with Gasteiger partial charge in [0.15, 0.2) is 8.32 Å². The standard InChI is InChI=1S/C15H36N2OSi/c1-6-12-17(13-7-2)14-11-16-10-8-9-15-19(4,5)18-3/h16H,6-15H2,1-5H3. The van der Waals surface area contributed by atoms with Crippen LogP contribution in [0.3, 0.4) is 0 Å². The maximum absolute atomic E-state index is 5.56. The molecule has 0 aliphatic rings. The molecule has 0 unspecified atom stereocenters. The minimum absolute atomic E-state index is 1.13. The Morgan fingerprint density at radius 2 is 1.58 bits per heavy atom. The first-order valence-corrected chi connectivity index (χ1v) is 11.2. The van der Waals surface area contributed by atoms with Crippen molar-refractivity contribution in [3.8, 4) is 0 Å². The Morgan fingerprint density at radius 1 is 0.947 bits per heavy atom. The van der Waals surface area contributed by atoms with Crippen LogP contribution in [-0.4, -0.2) is 53.1 Å². The first-order valence-electron chi connectivity index (χ1n) is 8.04. The number of unbranched alkanes of at least 4 members (excludes halogenated alkanes) is 1. The monoisotopic (exact) mass is 288 g/mol. The third kappa shape index (κ3) is 11.6. The number of nitrogens with zero attached hydrogens (tertiary/aromatic N) is 1. The largest absolute Gasteiger partial charge is 0.420 e. The van der Waals surface area contributed by atoms with Gasteiger partial charge in [-0.1, -0.05) is 20.3 Å². The summed E-state index contributed by atoms with van der Waals surface area (Å²) < 4.78 is 5.56. The topological polar surface area (TPSA) is 24.5 Å². The molecule has 0 rings (SSSR count). The van der Waals surface area contributed by atoms with E-state index in [0.717, 1.165) is 13.1 Å². The maximum atomic E-state index is 5.56. The third-order valence-electron chi connectivity index (χ3n) is 3.62. The van der Waals surface area contributed by atoms with Gasteiger partial charge in [0, 0.05) is 20.2 Å². The molecule has 0 fully saturated rings. The van der Waals surface area contributed by atoms with Gasteiger partial charge in [-0.15, -0.1) is 0 Å². The lowest BCUT2D eigenvalue weighted by molar-refractivity contribution is 0.274. The highest BCUT2D eigenvalue weighted by atomic mass is 28.4. The van der Waals surface area contributed by atoms with Crippen molar-refractivity contribution >= 4 is 8.32 Å². The molecule has 3 nitrogen and oxygen atoms in total. The highest BCUT2D eigenvalue weighted by Gasteiger charge is 2.19. The summed E-state index contributed by atoms with van der Waals surface area (Å²) >= 11 is 0. The summed E-state index contributed by atoms with van der Waals surface area (Å²) in [6.45, 7) is 15.1. The molecule has 0 aromatic carbocycles. The molecular weight excluding hydrogens is 252 g/mol. The molecule has 116 valence electrons. The summed E-state index contributed by atoms with van der Waals surface area (Å²) in [5, 5.41) is 3.57. The molecule has 0 aromatic rings. The summed E-state index contributed by atoms with van der Waals surface area (Å²) in [6.07, 6.45) is 5.10. The Hall–Kier alpha value is 0.0969. The molecule has 0 amide bonds. The number of hydrogen-bond donors (Lipinski definition) is 1. The number of rotatable bonds is 13. The third-order valence-corrected chi connectivity index (χ3v) is 6.28. The van der Waals surface area contributed by atoms with E-state index in [1.54, 1.807) is 0 Å². The fourth-order valence-corrected chi connectivity index (χ4v) is 3.54. The molecule has 0 saturated heterocycles. The van der Waals surface area contributed by atoms with E-state index in [-0.39, 0.29) is 0 Å². The molecule has 4 heteroatoms. The van der Waals surface area contributed by atoms with Crippen molar-refractivity contribution in [1.29, 1.82) is 0 Å². The molecule has 19 heavy (non-hydrogen) atoms. The number of hydrogen-bond acceptors (Lipinski definition) is 3. The van der Waals surface area contributed by atoms with E-state index in [2.05, 4.69) is 37.2 Å². The molecular formula is C15H36N2OSi. The predicted octanol–water partition coefficient (Wildman–Crippen LogP) is 3.33. The highest BCUT2D eigenvalue weighted by Crippen LogP contribution is 2.13. The smallest absolute Gasteiger partial charge is 0.186 e. The molecule has 0 saturated carbocycles. The second kappa shape index (κ2) is 11.9. The first kappa shape index (κ1) is 19.1. The van der Waals surface area contributed by atoms with Crippen LogP contribution in [0.5, 0.6) is 0 Å². The first-order chi connectivity index (χ1) is 9.05. The Balaban J connectivity index is 3.43. The van der Waals surface area contributed by atoms with Crippen molar-refractivity contribution < 1.29 is 4.43 Å². The second-order valence-corrected chi connectivity index (χ2v) is 10.4. The van der Waals surface area contributed by atoms with E-state index in [4.69, 9.17) is 4.43 Å². The van der Waals surface area contributed by atoms with Crippen LogP contribution in [0.15, 0.2) is 0 Å². The van der Waals surface area contributed by atoms with Crippen LogP contribution in [-0.2, 0) is 4.43 Å².